The van der Waals surface area contributed by atoms with Gasteiger partial charge in [-0.15, -0.1) is 0 Å². The number of aromatic amines is 1. The average Bonchev–Trinajstić information content (AvgIpc) is 3.52. The Balaban J connectivity index is 1.55. The number of aromatic carboxylic acids is 1. The van der Waals surface area contributed by atoms with E-state index in [2.05, 4.69) is 25.4 Å². The zero-order valence-corrected chi connectivity index (χ0v) is 20.8. The van der Waals surface area contributed by atoms with Crippen molar-refractivity contribution in [2.24, 2.45) is 7.05 Å². The van der Waals surface area contributed by atoms with Crippen LogP contribution in [-0.2, 0) is 11.8 Å². The minimum atomic E-state index is -1.09. The van der Waals surface area contributed by atoms with Crippen LogP contribution in [-0.4, -0.2) is 73.6 Å². The molecule has 3 N–H and O–H groups in total. The number of carbonyl (C=O) groups excluding carboxylic acids is 1. The van der Waals surface area contributed by atoms with Crippen LogP contribution in [0.1, 0.15) is 44.8 Å². The summed E-state index contributed by atoms with van der Waals surface area (Å²) in [4.78, 5) is 38.4. The number of thiazole rings is 1. The molecule has 2 atom stereocenters. The SMILES string of the molecule is CCO[C@H]1CN(c2nc(-c3ncnn3C)c(C(=O)O)s2)CC[C@H]1NC(=O)c1[nH]c(C)c(Cl)c1C#N. The number of hydrogen-bond donors (Lipinski definition) is 3. The van der Waals surface area contributed by atoms with E-state index in [1.54, 1.807) is 14.0 Å². The molecule has 35 heavy (non-hydrogen) atoms. The molecular weight excluding hydrogens is 496 g/mol. The highest BCUT2D eigenvalue weighted by molar-refractivity contribution is 7.17. The predicted molar refractivity (Wildman–Crippen MR) is 128 cm³/mol. The molecule has 1 fully saturated rings. The molecule has 14 heteroatoms. The normalized spacial score (nSPS) is 17.9. The fraction of sp³-hybridized carbons (Fsp3) is 0.429. The van der Waals surface area contributed by atoms with E-state index in [-0.39, 0.29) is 39.0 Å². The van der Waals surface area contributed by atoms with Crippen molar-refractivity contribution in [3.8, 4) is 17.6 Å². The maximum atomic E-state index is 12.9. The second-order valence-electron chi connectivity index (χ2n) is 7.92. The second kappa shape index (κ2) is 10.0. The summed E-state index contributed by atoms with van der Waals surface area (Å²) in [6, 6.07) is 1.64. The van der Waals surface area contributed by atoms with E-state index in [4.69, 9.17) is 16.3 Å². The number of H-pyrrole nitrogens is 1. The van der Waals surface area contributed by atoms with E-state index in [9.17, 15) is 20.0 Å². The first kappa shape index (κ1) is 24.6. The zero-order valence-electron chi connectivity index (χ0n) is 19.2. The summed E-state index contributed by atoms with van der Waals surface area (Å²) in [6.07, 6.45) is 1.48. The second-order valence-corrected chi connectivity index (χ2v) is 9.28. The number of nitrogens with one attached hydrogen (secondary N) is 2. The number of aryl methyl sites for hydroxylation is 2. The topological polar surface area (TPSA) is 162 Å². The zero-order chi connectivity index (χ0) is 25.3. The monoisotopic (exact) mass is 518 g/mol. The number of ether oxygens (including phenoxy) is 1. The van der Waals surface area contributed by atoms with Gasteiger partial charge in [0.2, 0.25) is 0 Å². The van der Waals surface area contributed by atoms with E-state index in [0.717, 1.165) is 11.3 Å². The Labute approximate surface area is 209 Å². The molecule has 0 spiro atoms. The molecule has 3 aromatic heterocycles. The Kier molecular flexibility index (Phi) is 7.06. The first-order chi connectivity index (χ1) is 16.7. The lowest BCUT2D eigenvalue weighted by atomic mass is 10.0. The number of hydrogen-bond acceptors (Lipinski definition) is 9. The minimum absolute atomic E-state index is 0.0718. The van der Waals surface area contributed by atoms with Crippen molar-refractivity contribution >= 4 is 39.9 Å². The Bertz CT molecular complexity index is 1310. The first-order valence-electron chi connectivity index (χ1n) is 10.8. The van der Waals surface area contributed by atoms with E-state index >= 15 is 0 Å². The number of piperidine rings is 1. The van der Waals surface area contributed by atoms with E-state index in [0.29, 0.717) is 42.8 Å². The summed E-state index contributed by atoms with van der Waals surface area (Å²) in [5.74, 6) is -1.17. The summed E-state index contributed by atoms with van der Waals surface area (Å²) < 4.78 is 7.39. The summed E-state index contributed by atoms with van der Waals surface area (Å²) in [7, 11) is 1.67. The molecule has 3 aromatic rings. The van der Waals surface area contributed by atoms with Crippen molar-refractivity contribution in [2.75, 3.05) is 24.6 Å². The third-order valence-corrected chi connectivity index (χ3v) is 7.29. The molecule has 1 aliphatic heterocycles. The van der Waals surface area contributed by atoms with Gasteiger partial charge in [-0.3, -0.25) is 4.79 Å². The molecule has 1 saturated heterocycles. The number of carboxylic acids is 1. The average molecular weight is 519 g/mol. The summed E-state index contributed by atoms with van der Waals surface area (Å²) in [5.41, 5.74) is 1.02. The predicted octanol–water partition coefficient (Wildman–Crippen LogP) is 2.21. The van der Waals surface area contributed by atoms with Gasteiger partial charge in [0.05, 0.1) is 17.2 Å². The molecule has 0 bridgehead atoms. The number of halogens is 1. The van der Waals surface area contributed by atoms with Crippen molar-refractivity contribution in [3.05, 3.63) is 33.2 Å². The van der Waals surface area contributed by atoms with Crippen LogP contribution in [0.2, 0.25) is 5.02 Å². The van der Waals surface area contributed by atoms with Crippen LogP contribution in [0, 0.1) is 18.3 Å². The number of carboxylic acid groups (broad SMARTS) is 1. The Hall–Kier alpha value is -3.47. The van der Waals surface area contributed by atoms with Gasteiger partial charge in [-0.2, -0.15) is 10.4 Å². The fourth-order valence-electron chi connectivity index (χ4n) is 4.01. The van der Waals surface area contributed by atoms with Crippen molar-refractivity contribution in [2.45, 2.75) is 32.4 Å². The van der Waals surface area contributed by atoms with E-state index in [1.165, 1.54) is 11.0 Å². The summed E-state index contributed by atoms with van der Waals surface area (Å²) >= 11 is 7.19. The molecule has 0 aliphatic carbocycles. The molecule has 0 saturated carbocycles. The summed E-state index contributed by atoms with van der Waals surface area (Å²) in [6.45, 7) is 4.87. The lowest BCUT2D eigenvalue weighted by molar-refractivity contribution is 0.0272. The molecule has 0 aromatic carbocycles. The van der Waals surface area contributed by atoms with Crippen molar-refractivity contribution in [1.82, 2.24) is 30.0 Å². The lowest BCUT2D eigenvalue weighted by Gasteiger charge is -2.38. The van der Waals surface area contributed by atoms with Crippen LogP contribution in [0.25, 0.3) is 11.5 Å². The standard InChI is InChI=1S/C21H23ClN8O4S/c1-4-34-13-8-30(21-28-16(17(35-21)20(32)33)18-24-9-25-29(18)3)6-5-12(13)27-19(31)15-11(7-23)14(22)10(2)26-15/h9,12-13,26H,4-6,8H2,1-3H3,(H,27,31)(H,32,33)/t12-,13+/m1/s1. The minimum Gasteiger partial charge on any atom is -0.477 e. The number of nitriles is 1. The van der Waals surface area contributed by atoms with Crippen LogP contribution < -0.4 is 10.2 Å². The van der Waals surface area contributed by atoms with Gasteiger partial charge in [-0.25, -0.2) is 19.4 Å². The lowest BCUT2D eigenvalue weighted by Crippen LogP contribution is -2.55. The molecule has 4 heterocycles. The van der Waals surface area contributed by atoms with Crippen LogP contribution in [0.4, 0.5) is 5.13 Å². The van der Waals surface area contributed by atoms with Gasteiger partial charge in [-0.05, 0) is 20.3 Å². The molecule has 4 rings (SSSR count). The number of anilines is 1. The maximum absolute atomic E-state index is 12.9. The number of rotatable bonds is 7. The van der Waals surface area contributed by atoms with Crippen molar-refractivity contribution < 1.29 is 19.4 Å². The molecule has 12 nitrogen and oxygen atoms in total. The van der Waals surface area contributed by atoms with Gasteiger partial charge in [-0.1, -0.05) is 22.9 Å². The fourth-order valence-corrected chi connectivity index (χ4v) is 5.13. The Morgan fingerprint density at radius 1 is 1.49 bits per heavy atom. The first-order valence-corrected chi connectivity index (χ1v) is 12.0. The number of carbonyl (C=O) groups is 2. The molecule has 184 valence electrons. The molecule has 0 unspecified atom stereocenters. The van der Waals surface area contributed by atoms with Crippen LogP contribution in [0.5, 0.6) is 0 Å². The van der Waals surface area contributed by atoms with Gasteiger partial charge in [0.15, 0.2) is 11.0 Å². The smallest absolute Gasteiger partial charge is 0.348 e. The van der Waals surface area contributed by atoms with Crippen LogP contribution in [0.15, 0.2) is 6.33 Å². The van der Waals surface area contributed by atoms with Gasteiger partial charge >= 0.3 is 5.97 Å². The quantitative estimate of drug-likeness (QED) is 0.425. The Morgan fingerprint density at radius 2 is 2.26 bits per heavy atom. The maximum Gasteiger partial charge on any atom is 0.348 e. The molecule has 0 radical (unpaired) electrons. The highest BCUT2D eigenvalue weighted by Gasteiger charge is 2.34. The molecular formula is C21H23ClN8O4S. The van der Waals surface area contributed by atoms with Crippen LogP contribution in [0.3, 0.4) is 0 Å². The largest absolute Gasteiger partial charge is 0.477 e. The number of aromatic nitrogens is 5. The van der Waals surface area contributed by atoms with Gasteiger partial charge in [0.25, 0.3) is 5.91 Å². The number of nitrogens with zero attached hydrogens (tertiary/aromatic N) is 6. The van der Waals surface area contributed by atoms with Gasteiger partial charge < -0.3 is 25.0 Å². The summed E-state index contributed by atoms with van der Waals surface area (Å²) in [5, 5.41) is 26.8. The third kappa shape index (κ3) is 4.72. The highest BCUT2D eigenvalue weighted by atomic mass is 35.5. The van der Waals surface area contributed by atoms with E-state index < -0.39 is 11.9 Å². The van der Waals surface area contributed by atoms with Gasteiger partial charge in [0.1, 0.15) is 34.2 Å². The number of amides is 1. The molecule has 1 amide bonds. The third-order valence-electron chi connectivity index (χ3n) is 5.71. The molecule has 1 aliphatic rings. The highest BCUT2D eigenvalue weighted by Crippen LogP contribution is 2.34. The van der Waals surface area contributed by atoms with Crippen molar-refractivity contribution in [3.63, 3.8) is 0 Å². The van der Waals surface area contributed by atoms with Gasteiger partial charge in [0, 0.05) is 32.4 Å². The Morgan fingerprint density at radius 3 is 2.89 bits per heavy atom. The van der Waals surface area contributed by atoms with Crippen molar-refractivity contribution in [1.29, 1.82) is 5.26 Å². The van der Waals surface area contributed by atoms with Crippen LogP contribution >= 0.6 is 22.9 Å². The van der Waals surface area contributed by atoms with E-state index in [1.807, 2.05) is 17.9 Å².